The molecule has 0 aliphatic heterocycles. The molecule has 3 nitrogen and oxygen atoms in total. The van der Waals surface area contributed by atoms with Gasteiger partial charge >= 0.3 is 5.97 Å². The first-order valence-corrected chi connectivity index (χ1v) is 5.79. The van der Waals surface area contributed by atoms with Gasteiger partial charge in [-0.1, -0.05) is 19.4 Å². The predicted octanol–water partition coefficient (Wildman–Crippen LogP) is 1.89. The molecule has 0 aromatic heterocycles. The zero-order valence-corrected chi connectivity index (χ0v) is 9.55. The largest absolute Gasteiger partial charge is 0.463 e. The fourth-order valence-corrected chi connectivity index (χ4v) is 1.95. The quantitative estimate of drug-likeness (QED) is 0.538. The van der Waals surface area contributed by atoms with Crippen LogP contribution in [0.3, 0.4) is 0 Å². The maximum Gasteiger partial charge on any atom is 0.334 e. The predicted molar refractivity (Wildman–Crippen MR) is 60.6 cm³/mol. The number of nitrogens with one attached hydrogen (secondary N) is 1. The Bertz CT molecular complexity index is 220. The molecule has 0 amide bonds. The van der Waals surface area contributed by atoms with Gasteiger partial charge in [-0.25, -0.2) is 4.79 Å². The molecule has 15 heavy (non-hydrogen) atoms. The van der Waals surface area contributed by atoms with Crippen LogP contribution in [0, 0.1) is 5.92 Å². The highest BCUT2D eigenvalue weighted by atomic mass is 16.5. The Hall–Kier alpha value is -0.830. The summed E-state index contributed by atoms with van der Waals surface area (Å²) in [5, 5.41) is 3.27. The highest BCUT2D eigenvalue weighted by Gasteiger charge is 2.14. The molecule has 0 aromatic rings. The van der Waals surface area contributed by atoms with Gasteiger partial charge in [0.2, 0.25) is 0 Å². The summed E-state index contributed by atoms with van der Waals surface area (Å²) in [6.45, 7) is 7.47. The first-order valence-electron chi connectivity index (χ1n) is 5.79. The van der Waals surface area contributed by atoms with Gasteiger partial charge in [0.25, 0.3) is 0 Å². The second-order valence-corrected chi connectivity index (χ2v) is 4.11. The van der Waals surface area contributed by atoms with Gasteiger partial charge in [-0.3, -0.25) is 0 Å². The van der Waals surface area contributed by atoms with Crippen molar-refractivity contribution in [1.82, 2.24) is 5.32 Å². The standard InChI is InChI=1S/C12H21NO2/c1-3-15-12(14)10(2)8-13-9-11-6-4-5-7-11/h11,13H,2-9H2,1H3. The van der Waals surface area contributed by atoms with E-state index in [0.29, 0.717) is 18.7 Å². The Labute approximate surface area is 91.9 Å². The van der Waals surface area contributed by atoms with E-state index >= 15 is 0 Å². The highest BCUT2D eigenvalue weighted by molar-refractivity contribution is 5.88. The zero-order chi connectivity index (χ0) is 11.1. The van der Waals surface area contributed by atoms with Gasteiger partial charge in [-0.15, -0.1) is 0 Å². The molecule has 1 N–H and O–H groups in total. The molecule has 0 bridgehead atoms. The molecule has 1 aliphatic rings. The second kappa shape index (κ2) is 6.62. The van der Waals surface area contributed by atoms with E-state index in [9.17, 15) is 4.79 Å². The van der Waals surface area contributed by atoms with Crippen molar-refractivity contribution in [3.8, 4) is 0 Å². The van der Waals surface area contributed by atoms with E-state index in [1.54, 1.807) is 6.92 Å². The van der Waals surface area contributed by atoms with Gasteiger partial charge in [0, 0.05) is 12.1 Å². The van der Waals surface area contributed by atoms with E-state index in [0.717, 1.165) is 12.5 Å². The van der Waals surface area contributed by atoms with Gasteiger partial charge < -0.3 is 10.1 Å². The van der Waals surface area contributed by atoms with Crippen LogP contribution >= 0.6 is 0 Å². The molecule has 1 fully saturated rings. The lowest BCUT2D eigenvalue weighted by Gasteiger charge is -2.11. The maximum absolute atomic E-state index is 11.2. The summed E-state index contributed by atoms with van der Waals surface area (Å²) in [4.78, 5) is 11.2. The Morgan fingerprint density at radius 1 is 1.47 bits per heavy atom. The van der Waals surface area contributed by atoms with Crippen LogP contribution in [0.2, 0.25) is 0 Å². The van der Waals surface area contributed by atoms with Gasteiger partial charge in [-0.05, 0) is 32.2 Å². The minimum Gasteiger partial charge on any atom is -0.463 e. The Kier molecular flexibility index (Phi) is 5.40. The average molecular weight is 211 g/mol. The third kappa shape index (κ3) is 4.47. The minimum atomic E-state index is -0.281. The average Bonchev–Trinajstić information content (AvgIpc) is 2.71. The van der Waals surface area contributed by atoms with Crippen molar-refractivity contribution in [3.63, 3.8) is 0 Å². The third-order valence-corrected chi connectivity index (χ3v) is 2.81. The zero-order valence-electron chi connectivity index (χ0n) is 9.55. The SMILES string of the molecule is C=C(CNCC1CCCC1)C(=O)OCC. The molecular formula is C12H21NO2. The Morgan fingerprint density at radius 2 is 2.13 bits per heavy atom. The summed E-state index contributed by atoms with van der Waals surface area (Å²) in [7, 11) is 0. The lowest BCUT2D eigenvalue weighted by molar-refractivity contribution is -0.138. The Morgan fingerprint density at radius 3 is 2.73 bits per heavy atom. The van der Waals surface area contributed by atoms with Crippen molar-refractivity contribution in [2.24, 2.45) is 5.92 Å². The van der Waals surface area contributed by atoms with Crippen LogP contribution in [-0.4, -0.2) is 25.7 Å². The van der Waals surface area contributed by atoms with Crippen molar-refractivity contribution in [3.05, 3.63) is 12.2 Å². The summed E-state index contributed by atoms with van der Waals surface area (Å²) < 4.78 is 4.85. The summed E-state index contributed by atoms with van der Waals surface area (Å²) in [6.07, 6.45) is 5.34. The van der Waals surface area contributed by atoms with Gasteiger partial charge in [0.1, 0.15) is 0 Å². The molecule has 0 unspecified atom stereocenters. The van der Waals surface area contributed by atoms with Crippen LogP contribution in [0.25, 0.3) is 0 Å². The van der Waals surface area contributed by atoms with Crippen LogP contribution in [0.4, 0.5) is 0 Å². The van der Waals surface area contributed by atoms with Gasteiger partial charge in [0.15, 0.2) is 0 Å². The van der Waals surface area contributed by atoms with Crippen molar-refractivity contribution >= 4 is 5.97 Å². The second-order valence-electron chi connectivity index (χ2n) is 4.11. The lowest BCUT2D eigenvalue weighted by atomic mass is 10.1. The number of hydrogen-bond donors (Lipinski definition) is 1. The molecule has 0 heterocycles. The molecule has 0 spiro atoms. The topological polar surface area (TPSA) is 38.3 Å². The van der Waals surface area contributed by atoms with E-state index in [-0.39, 0.29) is 5.97 Å². The maximum atomic E-state index is 11.2. The number of carbonyl (C=O) groups is 1. The fourth-order valence-electron chi connectivity index (χ4n) is 1.95. The van der Waals surface area contributed by atoms with Crippen LogP contribution in [0.1, 0.15) is 32.6 Å². The normalized spacial score (nSPS) is 16.6. The number of esters is 1. The number of ether oxygens (including phenoxy) is 1. The molecule has 0 atom stereocenters. The molecule has 1 saturated carbocycles. The molecular weight excluding hydrogens is 190 g/mol. The van der Waals surface area contributed by atoms with Crippen molar-refractivity contribution in [2.45, 2.75) is 32.6 Å². The molecule has 0 aromatic carbocycles. The van der Waals surface area contributed by atoms with Crippen LogP contribution < -0.4 is 5.32 Å². The third-order valence-electron chi connectivity index (χ3n) is 2.81. The Balaban J connectivity index is 2.08. The van der Waals surface area contributed by atoms with Gasteiger partial charge in [0.05, 0.1) is 6.61 Å². The molecule has 86 valence electrons. The van der Waals surface area contributed by atoms with E-state index in [1.807, 2.05) is 0 Å². The van der Waals surface area contributed by atoms with E-state index in [4.69, 9.17) is 4.74 Å². The molecule has 1 rings (SSSR count). The lowest BCUT2D eigenvalue weighted by Crippen LogP contribution is -2.26. The number of hydrogen-bond acceptors (Lipinski definition) is 3. The van der Waals surface area contributed by atoms with E-state index in [1.165, 1.54) is 25.7 Å². The summed E-state index contributed by atoms with van der Waals surface area (Å²) in [5.41, 5.74) is 0.523. The minimum absolute atomic E-state index is 0.281. The molecule has 3 heteroatoms. The first-order chi connectivity index (χ1) is 7.24. The van der Waals surface area contributed by atoms with Crippen molar-refractivity contribution < 1.29 is 9.53 Å². The summed E-state index contributed by atoms with van der Waals surface area (Å²) in [5.74, 6) is 0.511. The number of carbonyl (C=O) groups excluding carboxylic acids is 1. The molecule has 0 radical (unpaired) electrons. The van der Waals surface area contributed by atoms with Crippen LogP contribution in [0.5, 0.6) is 0 Å². The smallest absolute Gasteiger partial charge is 0.334 e. The van der Waals surface area contributed by atoms with Crippen LogP contribution in [-0.2, 0) is 9.53 Å². The van der Waals surface area contributed by atoms with Crippen LogP contribution in [0.15, 0.2) is 12.2 Å². The van der Waals surface area contributed by atoms with Gasteiger partial charge in [-0.2, -0.15) is 0 Å². The number of rotatable bonds is 6. The summed E-state index contributed by atoms with van der Waals surface area (Å²) >= 11 is 0. The molecule has 0 saturated heterocycles. The fraction of sp³-hybridized carbons (Fsp3) is 0.750. The van der Waals surface area contributed by atoms with Crippen molar-refractivity contribution in [2.75, 3.05) is 19.7 Å². The van der Waals surface area contributed by atoms with E-state index in [2.05, 4.69) is 11.9 Å². The monoisotopic (exact) mass is 211 g/mol. The van der Waals surface area contributed by atoms with Crippen molar-refractivity contribution in [1.29, 1.82) is 0 Å². The molecule has 1 aliphatic carbocycles. The highest BCUT2D eigenvalue weighted by Crippen LogP contribution is 2.23. The first kappa shape index (κ1) is 12.2. The van der Waals surface area contributed by atoms with E-state index < -0.39 is 0 Å². The summed E-state index contributed by atoms with van der Waals surface area (Å²) in [6, 6.07) is 0.